The molecule has 0 atom stereocenters. The van der Waals surface area contributed by atoms with Crippen molar-refractivity contribution in [2.24, 2.45) is 5.10 Å². The van der Waals surface area contributed by atoms with Crippen LogP contribution in [0.4, 0.5) is 11.6 Å². The number of aromatic amines is 1. The molecule has 134 valence electrons. The van der Waals surface area contributed by atoms with Crippen LogP contribution in [-0.4, -0.2) is 37.2 Å². The molecule has 0 aliphatic carbocycles. The van der Waals surface area contributed by atoms with Crippen LogP contribution in [0.3, 0.4) is 0 Å². The van der Waals surface area contributed by atoms with E-state index in [0.29, 0.717) is 28.4 Å². The monoisotopic (exact) mass is 365 g/mol. The van der Waals surface area contributed by atoms with Gasteiger partial charge in [0.25, 0.3) is 17.5 Å². The number of H-pyrrole nitrogens is 1. The Hall–Kier alpha value is -4.15. The number of hydrogen-bond donors (Lipinski definition) is 1. The summed E-state index contributed by atoms with van der Waals surface area (Å²) in [5.74, 6) is 0.610. The number of nitro groups is 1. The Labute approximate surface area is 151 Å². The minimum absolute atomic E-state index is 0.00223. The summed E-state index contributed by atoms with van der Waals surface area (Å²) in [6.07, 6.45) is 1.57. The fourth-order valence-electron chi connectivity index (χ4n) is 2.54. The zero-order valence-corrected chi connectivity index (χ0v) is 13.9. The Balaban J connectivity index is 1.59. The Kier molecular flexibility index (Phi) is 3.81. The molecule has 0 saturated heterocycles. The predicted octanol–water partition coefficient (Wildman–Crippen LogP) is 2.17. The number of benzene rings is 1. The van der Waals surface area contributed by atoms with Crippen LogP contribution in [0.2, 0.25) is 0 Å². The van der Waals surface area contributed by atoms with Crippen LogP contribution in [0.1, 0.15) is 12.7 Å². The number of carbonyl (C=O) groups excluding carboxylic acids is 1. The maximum absolute atomic E-state index is 12.5. The molecule has 3 aromatic rings. The smallest absolute Gasteiger partial charge is 0.293 e. The number of nitrogens with one attached hydrogen (secondary N) is 1. The lowest BCUT2D eigenvalue weighted by atomic mass is 10.1. The van der Waals surface area contributed by atoms with E-state index in [1.807, 2.05) is 0 Å². The van der Waals surface area contributed by atoms with E-state index in [4.69, 9.17) is 4.42 Å². The number of aromatic nitrogens is 4. The maximum atomic E-state index is 12.5. The van der Waals surface area contributed by atoms with Crippen molar-refractivity contribution in [2.45, 2.75) is 6.92 Å². The van der Waals surface area contributed by atoms with Crippen molar-refractivity contribution in [2.75, 3.05) is 5.01 Å². The first-order valence-electron chi connectivity index (χ1n) is 7.73. The van der Waals surface area contributed by atoms with Crippen LogP contribution in [0.15, 0.2) is 51.5 Å². The molecule has 0 bridgehead atoms. The number of carbonyl (C=O) groups is 1. The molecular weight excluding hydrogens is 354 g/mol. The molecule has 1 N–H and O–H groups in total. The first kappa shape index (κ1) is 16.3. The molecule has 0 fully saturated rings. The Bertz CT molecular complexity index is 1080. The van der Waals surface area contributed by atoms with Gasteiger partial charge in [-0.15, -0.1) is 5.10 Å². The van der Waals surface area contributed by atoms with Crippen LogP contribution in [0.5, 0.6) is 0 Å². The van der Waals surface area contributed by atoms with Gasteiger partial charge in [0.05, 0.1) is 16.2 Å². The SMILES string of the molecule is CC1=NN(c2nn[nH]n2)C(=O)/C1=C\c1ccc(-c2ccc([N+](=O)[O-])cc2)o1. The first-order chi connectivity index (χ1) is 13.0. The summed E-state index contributed by atoms with van der Waals surface area (Å²) in [7, 11) is 0. The topological polar surface area (TPSA) is 143 Å². The highest BCUT2D eigenvalue weighted by atomic mass is 16.6. The molecular formula is C16H11N7O4. The van der Waals surface area contributed by atoms with E-state index in [1.165, 1.54) is 12.1 Å². The third kappa shape index (κ3) is 2.97. The molecule has 3 heterocycles. The van der Waals surface area contributed by atoms with Gasteiger partial charge in [0.15, 0.2) is 0 Å². The van der Waals surface area contributed by atoms with Gasteiger partial charge < -0.3 is 4.42 Å². The minimum atomic E-state index is -0.467. The van der Waals surface area contributed by atoms with Gasteiger partial charge in [-0.1, -0.05) is 5.10 Å². The van der Waals surface area contributed by atoms with E-state index in [-0.39, 0.29) is 11.6 Å². The molecule has 11 nitrogen and oxygen atoms in total. The fraction of sp³-hybridized carbons (Fsp3) is 0.0625. The molecule has 2 aromatic heterocycles. The standard InChI is InChI=1S/C16H11N7O4/c1-9-13(15(24)22(19-9)16-17-20-21-18-16)8-12-6-7-14(27-12)10-2-4-11(5-3-10)23(25)26/h2-8H,1H3,(H,17,18,20,21)/b13-8-. The van der Waals surface area contributed by atoms with E-state index in [1.54, 1.807) is 37.3 Å². The second kappa shape index (κ2) is 6.29. The zero-order valence-electron chi connectivity index (χ0n) is 13.9. The van der Waals surface area contributed by atoms with E-state index in [0.717, 1.165) is 5.01 Å². The van der Waals surface area contributed by atoms with Crippen molar-refractivity contribution in [3.05, 3.63) is 57.8 Å². The van der Waals surface area contributed by atoms with Crippen molar-refractivity contribution >= 4 is 29.3 Å². The number of rotatable bonds is 4. The van der Waals surface area contributed by atoms with Gasteiger partial charge in [-0.25, -0.2) is 0 Å². The Morgan fingerprint density at radius 1 is 1.22 bits per heavy atom. The Morgan fingerprint density at radius 2 is 2.00 bits per heavy atom. The van der Waals surface area contributed by atoms with Gasteiger partial charge in [0.2, 0.25) is 0 Å². The largest absolute Gasteiger partial charge is 0.457 e. The summed E-state index contributed by atoms with van der Waals surface area (Å²) in [6.45, 7) is 1.68. The fourth-order valence-corrected chi connectivity index (χ4v) is 2.54. The summed E-state index contributed by atoms with van der Waals surface area (Å²) in [5, 5.41) is 29.1. The lowest BCUT2D eigenvalue weighted by Gasteiger charge is -2.03. The summed E-state index contributed by atoms with van der Waals surface area (Å²) in [6, 6.07) is 9.41. The van der Waals surface area contributed by atoms with Crippen LogP contribution in [0, 0.1) is 10.1 Å². The van der Waals surface area contributed by atoms with Gasteiger partial charge in [0.1, 0.15) is 11.5 Å². The molecule has 0 unspecified atom stereocenters. The molecule has 0 spiro atoms. The molecule has 0 radical (unpaired) electrons. The van der Waals surface area contributed by atoms with Gasteiger partial charge in [0, 0.05) is 17.7 Å². The molecule has 1 aromatic carbocycles. The van der Waals surface area contributed by atoms with Crippen LogP contribution in [-0.2, 0) is 4.79 Å². The van der Waals surface area contributed by atoms with Gasteiger partial charge in [-0.2, -0.15) is 15.3 Å². The molecule has 27 heavy (non-hydrogen) atoms. The number of nitrogens with zero attached hydrogens (tertiary/aromatic N) is 6. The number of anilines is 1. The van der Waals surface area contributed by atoms with E-state index in [2.05, 4.69) is 25.7 Å². The van der Waals surface area contributed by atoms with Crippen LogP contribution >= 0.6 is 0 Å². The number of hydrazone groups is 1. The highest BCUT2D eigenvalue weighted by Crippen LogP contribution is 2.27. The van der Waals surface area contributed by atoms with Crippen LogP contribution in [0.25, 0.3) is 17.4 Å². The van der Waals surface area contributed by atoms with Crippen molar-refractivity contribution in [1.82, 2.24) is 20.6 Å². The Morgan fingerprint density at radius 3 is 2.67 bits per heavy atom. The summed E-state index contributed by atoms with van der Waals surface area (Å²) in [5.41, 5.74) is 1.50. The summed E-state index contributed by atoms with van der Waals surface area (Å²) in [4.78, 5) is 22.8. The molecule has 11 heteroatoms. The number of non-ortho nitro benzene ring substituents is 1. The van der Waals surface area contributed by atoms with Gasteiger partial charge >= 0.3 is 0 Å². The average molecular weight is 365 g/mol. The second-order valence-electron chi connectivity index (χ2n) is 5.58. The van der Waals surface area contributed by atoms with Gasteiger partial charge in [-0.3, -0.25) is 14.9 Å². The van der Waals surface area contributed by atoms with Crippen molar-refractivity contribution in [3.63, 3.8) is 0 Å². The number of nitro benzene ring substituents is 1. The van der Waals surface area contributed by atoms with Gasteiger partial charge in [-0.05, 0) is 42.5 Å². The number of amides is 1. The lowest BCUT2D eigenvalue weighted by molar-refractivity contribution is -0.384. The van der Waals surface area contributed by atoms with E-state index >= 15 is 0 Å². The van der Waals surface area contributed by atoms with Crippen molar-refractivity contribution < 1.29 is 14.1 Å². The second-order valence-corrected chi connectivity index (χ2v) is 5.58. The van der Waals surface area contributed by atoms with Crippen molar-refractivity contribution in [1.29, 1.82) is 0 Å². The predicted molar refractivity (Wildman–Crippen MR) is 93.5 cm³/mol. The lowest BCUT2D eigenvalue weighted by Crippen LogP contribution is -2.22. The molecule has 1 aliphatic heterocycles. The molecule has 1 amide bonds. The normalized spacial score (nSPS) is 15.4. The van der Waals surface area contributed by atoms with Crippen molar-refractivity contribution in [3.8, 4) is 11.3 Å². The first-order valence-corrected chi connectivity index (χ1v) is 7.73. The van der Waals surface area contributed by atoms with E-state index in [9.17, 15) is 14.9 Å². The molecule has 0 saturated carbocycles. The minimum Gasteiger partial charge on any atom is -0.457 e. The number of hydrogen-bond acceptors (Lipinski definition) is 8. The highest BCUT2D eigenvalue weighted by Gasteiger charge is 2.31. The van der Waals surface area contributed by atoms with E-state index < -0.39 is 10.8 Å². The summed E-state index contributed by atoms with van der Waals surface area (Å²) >= 11 is 0. The molecule has 1 aliphatic rings. The summed E-state index contributed by atoms with van der Waals surface area (Å²) < 4.78 is 5.73. The molecule has 4 rings (SSSR count). The third-order valence-corrected chi connectivity index (χ3v) is 3.86. The van der Waals surface area contributed by atoms with Crippen LogP contribution < -0.4 is 5.01 Å². The third-order valence-electron chi connectivity index (χ3n) is 3.86. The quantitative estimate of drug-likeness (QED) is 0.424. The highest BCUT2D eigenvalue weighted by molar-refractivity contribution is 6.31. The number of tetrazole rings is 1. The number of furan rings is 1. The maximum Gasteiger partial charge on any atom is 0.293 e. The zero-order chi connectivity index (χ0) is 19.0. The average Bonchev–Trinajstić information content (AvgIpc) is 3.39.